The first kappa shape index (κ1) is 10.1. The Balaban J connectivity index is 0.000000396. The molecule has 0 radical (unpaired) electrons. The molecule has 13 heavy (non-hydrogen) atoms. The summed E-state index contributed by atoms with van der Waals surface area (Å²) in [7, 11) is 1.93. The Labute approximate surface area is 83.6 Å². The zero-order valence-electron chi connectivity index (χ0n) is 8.19. The topological polar surface area (TPSA) is 17.1 Å². The molecule has 1 heterocycles. The van der Waals surface area contributed by atoms with Gasteiger partial charge in [-0.3, -0.25) is 4.68 Å². The lowest BCUT2D eigenvalue weighted by atomic mass is 10.3. The molecule has 1 aromatic rings. The van der Waals surface area contributed by atoms with E-state index in [4.69, 9.17) is 0 Å². The lowest BCUT2D eigenvalue weighted by molar-refractivity contribution is -0.430. The third-order valence-electron chi connectivity index (χ3n) is 1.46. The van der Waals surface area contributed by atoms with Gasteiger partial charge in [-0.05, 0) is 17.8 Å². The first-order valence-corrected chi connectivity index (χ1v) is 5.28. The number of hydrogen-bond donors (Lipinski definition) is 0. The lowest BCUT2D eigenvalue weighted by Gasteiger charge is -2.21. The van der Waals surface area contributed by atoms with Gasteiger partial charge < -0.3 is 5.43 Å². The summed E-state index contributed by atoms with van der Waals surface area (Å²) < 4.78 is 1.83. The monoisotopic (exact) mass is 194 g/mol. The SMILES string of the molecule is CC.C[N+]1=CSc2ccccc2[N-]1. The fourth-order valence-electron chi connectivity index (χ4n) is 0.966. The Hall–Kier alpha value is -0.960. The maximum absolute atomic E-state index is 4.30. The van der Waals surface area contributed by atoms with E-state index in [1.807, 2.05) is 49.3 Å². The summed E-state index contributed by atoms with van der Waals surface area (Å²) in [5.74, 6) is 0. The second kappa shape index (κ2) is 4.92. The molecule has 2 rings (SSSR count). The van der Waals surface area contributed by atoms with E-state index in [1.54, 1.807) is 11.8 Å². The van der Waals surface area contributed by atoms with Crippen molar-refractivity contribution in [1.82, 2.24) is 0 Å². The largest absolute Gasteiger partial charge is 0.409 e. The van der Waals surface area contributed by atoms with Gasteiger partial charge in [-0.1, -0.05) is 37.7 Å². The average Bonchev–Trinajstić information content (AvgIpc) is 2.21. The van der Waals surface area contributed by atoms with E-state index in [-0.39, 0.29) is 0 Å². The van der Waals surface area contributed by atoms with Crippen LogP contribution in [0.1, 0.15) is 13.8 Å². The minimum atomic E-state index is 1.06. The molecular formula is C10H14N2S. The van der Waals surface area contributed by atoms with Crippen molar-refractivity contribution in [3.8, 4) is 0 Å². The van der Waals surface area contributed by atoms with Crippen LogP contribution in [0.15, 0.2) is 29.2 Å². The normalized spacial score (nSPS) is 13.0. The minimum Gasteiger partial charge on any atom is -0.409 e. The Kier molecular flexibility index (Phi) is 3.83. The number of fused-ring (bicyclic) bond motifs is 1. The van der Waals surface area contributed by atoms with E-state index in [0.29, 0.717) is 0 Å². The van der Waals surface area contributed by atoms with E-state index < -0.39 is 0 Å². The van der Waals surface area contributed by atoms with Gasteiger partial charge in [0.25, 0.3) is 0 Å². The highest BCUT2D eigenvalue weighted by Crippen LogP contribution is 2.34. The van der Waals surface area contributed by atoms with Gasteiger partial charge in [-0.25, -0.2) is 0 Å². The number of nitrogens with zero attached hydrogens (tertiary/aromatic N) is 2. The highest BCUT2D eigenvalue weighted by atomic mass is 32.2. The third kappa shape index (κ3) is 2.49. The first-order chi connectivity index (χ1) is 6.36. The summed E-state index contributed by atoms with van der Waals surface area (Å²) in [4.78, 5) is 1.23. The molecule has 0 spiro atoms. The molecular weight excluding hydrogens is 180 g/mol. The summed E-state index contributed by atoms with van der Waals surface area (Å²) in [5.41, 5.74) is 7.35. The molecule has 0 saturated carbocycles. The molecule has 1 aliphatic heterocycles. The molecule has 0 saturated heterocycles. The Bertz CT molecular complexity index is 308. The van der Waals surface area contributed by atoms with Crippen molar-refractivity contribution in [2.75, 3.05) is 7.05 Å². The highest BCUT2D eigenvalue weighted by molar-refractivity contribution is 8.12. The Morgan fingerprint density at radius 2 is 1.92 bits per heavy atom. The van der Waals surface area contributed by atoms with Crippen LogP contribution in [0.3, 0.4) is 0 Å². The molecule has 0 N–H and O–H groups in total. The van der Waals surface area contributed by atoms with Gasteiger partial charge in [0, 0.05) is 4.90 Å². The number of benzene rings is 1. The molecule has 0 amide bonds. The average molecular weight is 194 g/mol. The maximum atomic E-state index is 4.30. The van der Waals surface area contributed by atoms with Crippen molar-refractivity contribution < 1.29 is 4.68 Å². The van der Waals surface area contributed by atoms with E-state index in [2.05, 4.69) is 11.5 Å². The van der Waals surface area contributed by atoms with Crippen LogP contribution in [0.5, 0.6) is 0 Å². The summed E-state index contributed by atoms with van der Waals surface area (Å²) in [5, 5.41) is 0. The van der Waals surface area contributed by atoms with Crippen LogP contribution in [0.25, 0.3) is 5.43 Å². The zero-order valence-corrected chi connectivity index (χ0v) is 9.01. The van der Waals surface area contributed by atoms with Gasteiger partial charge in [0.15, 0.2) is 5.55 Å². The molecule has 0 bridgehead atoms. The third-order valence-corrected chi connectivity index (χ3v) is 2.47. The van der Waals surface area contributed by atoms with E-state index in [1.165, 1.54) is 4.90 Å². The number of rotatable bonds is 0. The molecule has 70 valence electrons. The van der Waals surface area contributed by atoms with Crippen LogP contribution < -0.4 is 0 Å². The smallest absolute Gasteiger partial charge is 0.198 e. The second-order valence-electron chi connectivity index (χ2n) is 2.36. The van der Waals surface area contributed by atoms with Crippen molar-refractivity contribution in [1.29, 1.82) is 0 Å². The van der Waals surface area contributed by atoms with Crippen molar-refractivity contribution in [2.24, 2.45) is 0 Å². The van der Waals surface area contributed by atoms with E-state index in [0.717, 1.165) is 5.69 Å². The molecule has 0 atom stereocenters. The Morgan fingerprint density at radius 3 is 2.69 bits per heavy atom. The van der Waals surface area contributed by atoms with Crippen molar-refractivity contribution in [3.05, 3.63) is 29.7 Å². The molecule has 0 fully saturated rings. The van der Waals surface area contributed by atoms with Crippen molar-refractivity contribution in [2.45, 2.75) is 18.7 Å². The van der Waals surface area contributed by atoms with Crippen LogP contribution in [-0.2, 0) is 0 Å². The summed E-state index contributed by atoms with van der Waals surface area (Å²) in [6.07, 6.45) is 0. The van der Waals surface area contributed by atoms with Crippen LogP contribution >= 0.6 is 11.8 Å². The van der Waals surface area contributed by atoms with Crippen molar-refractivity contribution >= 4 is 23.0 Å². The molecule has 2 nitrogen and oxygen atoms in total. The molecule has 0 aromatic heterocycles. The number of hydrogen-bond acceptors (Lipinski definition) is 1. The minimum absolute atomic E-state index is 1.06. The fourth-order valence-corrected chi connectivity index (χ4v) is 1.67. The van der Waals surface area contributed by atoms with Crippen LogP contribution in [0.2, 0.25) is 0 Å². The molecule has 0 aliphatic carbocycles. The summed E-state index contributed by atoms with van der Waals surface area (Å²) in [6, 6.07) is 8.13. The predicted molar refractivity (Wildman–Crippen MR) is 58.9 cm³/mol. The molecule has 0 unspecified atom stereocenters. The van der Waals surface area contributed by atoms with Crippen molar-refractivity contribution in [3.63, 3.8) is 0 Å². The van der Waals surface area contributed by atoms with Crippen LogP contribution in [0.4, 0.5) is 5.69 Å². The highest BCUT2D eigenvalue weighted by Gasteiger charge is 2.01. The predicted octanol–water partition coefficient (Wildman–Crippen LogP) is 3.41. The molecule has 3 heteroatoms. The van der Waals surface area contributed by atoms with Gasteiger partial charge in [-0.15, -0.1) is 0 Å². The van der Waals surface area contributed by atoms with Crippen LogP contribution in [0, 0.1) is 0 Å². The fraction of sp³-hybridized carbons (Fsp3) is 0.300. The molecule has 1 aliphatic rings. The van der Waals surface area contributed by atoms with E-state index >= 15 is 0 Å². The van der Waals surface area contributed by atoms with Gasteiger partial charge in [0.1, 0.15) is 7.05 Å². The Morgan fingerprint density at radius 1 is 1.23 bits per heavy atom. The standard InChI is InChI=1S/C8H8N2S.C2H6/c1-10-6-11-8-5-3-2-4-7(8)9-10;1-2/h2-6H,1H3;1-2H3. The van der Waals surface area contributed by atoms with Crippen LogP contribution in [-0.4, -0.2) is 17.3 Å². The van der Waals surface area contributed by atoms with Gasteiger partial charge >= 0.3 is 0 Å². The van der Waals surface area contributed by atoms with Gasteiger partial charge in [0.05, 0.1) is 0 Å². The maximum Gasteiger partial charge on any atom is 0.198 e. The second-order valence-corrected chi connectivity index (χ2v) is 3.25. The molecule has 1 aromatic carbocycles. The zero-order chi connectivity index (χ0) is 9.68. The quantitative estimate of drug-likeness (QED) is 0.578. The van der Waals surface area contributed by atoms with Gasteiger partial charge in [0.2, 0.25) is 0 Å². The van der Waals surface area contributed by atoms with Gasteiger partial charge in [-0.2, -0.15) is 0 Å². The van der Waals surface area contributed by atoms with E-state index in [9.17, 15) is 0 Å². The summed E-state index contributed by atoms with van der Waals surface area (Å²) >= 11 is 1.70. The lowest BCUT2D eigenvalue weighted by Crippen LogP contribution is -2.01. The first-order valence-electron chi connectivity index (χ1n) is 4.40. The number of thioether (sulfide) groups is 1. The summed E-state index contributed by atoms with van der Waals surface area (Å²) in [6.45, 7) is 4.00.